The number of benzene rings is 6. The van der Waals surface area contributed by atoms with Crippen LogP contribution in [0.15, 0.2) is 109 Å². The highest BCUT2D eigenvalue weighted by Crippen LogP contribution is 2.50. The summed E-state index contributed by atoms with van der Waals surface area (Å²) >= 11 is 0. The van der Waals surface area contributed by atoms with E-state index in [1.165, 1.54) is 0 Å². The van der Waals surface area contributed by atoms with E-state index in [-0.39, 0.29) is 46.3 Å². The Morgan fingerprint density at radius 1 is 0.364 bits per heavy atom. The zero-order valence-electron chi connectivity index (χ0n) is 40.8. The van der Waals surface area contributed by atoms with E-state index in [1.54, 1.807) is 50.6 Å². The Kier molecular flexibility index (Phi) is 16.7. The Hall–Kier alpha value is -5.75. The average molecular weight is 931 g/mol. The van der Waals surface area contributed by atoms with Gasteiger partial charge < -0.3 is 36.6 Å². The molecule has 0 spiro atoms. The lowest BCUT2D eigenvalue weighted by molar-refractivity contribution is 0.103. The third-order valence-electron chi connectivity index (χ3n) is 11.1. The van der Waals surface area contributed by atoms with E-state index < -0.39 is 23.0 Å². The van der Waals surface area contributed by atoms with Gasteiger partial charge in [-0.15, -0.1) is 0 Å². The first kappa shape index (κ1) is 49.7. The van der Waals surface area contributed by atoms with Crippen LogP contribution < -0.4 is 36.6 Å². The minimum atomic E-state index is -2.23. The Morgan fingerprint density at radius 2 is 0.621 bits per heavy atom. The largest absolute Gasteiger partial charge is 0.530 e. The molecule has 11 heteroatoms. The molecule has 0 radical (unpaired) electrons. The minimum Gasteiger partial charge on any atom is -0.497 e. The molecule has 0 aromatic heterocycles. The van der Waals surface area contributed by atoms with Crippen LogP contribution in [-0.4, -0.2) is 20.0 Å². The van der Waals surface area contributed by atoms with E-state index in [9.17, 15) is 0 Å². The van der Waals surface area contributed by atoms with Crippen molar-refractivity contribution in [3.63, 3.8) is 0 Å². The molecule has 0 N–H and O–H groups in total. The van der Waals surface area contributed by atoms with Crippen LogP contribution in [-0.2, 0) is 0 Å². The van der Waals surface area contributed by atoms with Crippen molar-refractivity contribution in [2.75, 3.05) is 14.2 Å². The first-order valence-electron chi connectivity index (χ1n) is 22.5. The summed E-state index contributed by atoms with van der Waals surface area (Å²) in [5.74, 6) is 4.06. The van der Waals surface area contributed by atoms with Crippen molar-refractivity contribution in [2.24, 2.45) is 0 Å². The van der Waals surface area contributed by atoms with Crippen molar-refractivity contribution in [3.05, 3.63) is 165 Å². The van der Waals surface area contributed by atoms with Gasteiger partial charge in [0.2, 0.25) is 5.78 Å². The van der Waals surface area contributed by atoms with Crippen LogP contribution in [0, 0.1) is 27.7 Å². The van der Waals surface area contributed by atoms with E-state index in [4.69, 9.17) is 36.6 Å². The summed E-state index contributed by atoms with van der Waals surface area (Å²) < 4.78 is 52.1. The Morgan fingerprint density at radius 3 is 0.864 bits per heavy atom. The molecule has 0 aliphatic heterocycles. The molecule has 9 nitrogen and oxygen atoms in total. The van der Waals surface area contributed by atoms with Gasteiger partial charge in [0.15, 0.2) is 0 Å². The second-order valence-corrected chi connectivity index (χ2v) is 19.8. The molecule has 0 heterocycles. The van der Waals surface area contributed by atoms with Gasteiger partial charge in [0.05, 0.1) is 25.3 Å². The van der Waals surface area contributed by atoms with E-state index in [1.807, 2.05) is 52.0 Å². The molecule has 0 unspecified atom stereocenters. The van der Waals surface area contributed by atoms with Gasteiger partial charge >= 0.3 is 17.2 Å². The molecule has 0 saturated carbocycles. The van der Waals surface area contributed by atoms with E-state index in [0.717, 1.165) is 44.5 Å². The zero-order valence-corrected chi connectivity index (χ0v) is 42.6. The van der Waals surface area contributed by atoms with Crippen LogP contribution in [0.25, 0.3) is 0 Å². The molecular formula is C55H64O9P2. The van der Waals surface area contributed by atoms with Crippen molar-refractivity contribution >= 4 is 23.0 Å². The Balaban J connectivity index is 1.46. The maximum atomic E-state index is 15.2. The molecule has 348 valence electrons. The molecule has 6 aromatic rings. The zero-order chi connectivity index (χ0) is 47.8. The Labute approximate surface area is 394 Å². The Bertz CT molecular complexity index is 2340. The van der Waals surface area contributed by atoms with Gasteiger partial charge in [0, 0.05) is 12.1 Å². The highest BCUT2D eigenvalue weighted by atomic mass is 31.2. The maximum absolute atomic E-state index is 15.2. The fourth-order valence-electron chi connectivity index (χ4n) is 7.31. The summed E-state index contributed by atoms with van der Waals surface area (Å²) in [4.78, 5) is 15.2. The van der Waals surface area contributed by atoms with Gasteiger partial charge in [-0.05, 0) is 144 Å². The lowest BCUT2D eigenvalue weighted by Gasteiger charge is -2.24. The van der Waals surface area contributed by atoms with Crippen molar-refractivity contribution in [3.8, 4) is 46.0 Å². The third-order valence-corrected chi connectivity index (χ3v) is 13.1. The molecule has 0 bridgehead atoms. The summed E-state index contributed by atoms with van der Waals surface area (Å²) in [6, 6.07) is 34.6. The van der Waals surface area contributed by atoms with Crippen LogP contribution in [0.2, 0.25) is 0 Å². The number of carbonyl (C=O) groups is 1. The topological polar surface area (TPSA) is 90.9 Å². The second kappa shape index (κ2) is 22.2. The molecule has 0 aliphatic rings. The summed E-state index contributed by atoms with van der Waals surface area (Å²) in [6.07, 6.45) is 0. The van der Waals surface area contributed by atoms with Crippen molar-refractivity contribution < 1.29 is 41.4 Å². The standard InChI is InChI=1S/C55H64O9P2/c1-33(2)43-21-15-37(9)27-49(43)59-65(60-50-28-38(10)16-22-44(50)34(3)4)63-53-31-41(57-13)19-25-47(53)55(56)48-26-20-42(58-14)32-54(48)64-66(61-51-29-39(11)17-23-45(51)35(5)6)62-52-30-40(12)18-24-46(52)36(7)8/h15-36H,1-14H3. The number of hydrogen-bond donors (Lipinski definition) is 0. The normalized spacial score (nSPS) is 11.5. The highest BCUT2D eigenvalue weighted by molar-refractivity contribution is 7.43. The van der Waals surface area contributed by atoms with Crippen LogP contribution in [0.3, 0.4) is 0 Å². The number of carbonyl (C=O) groups excluding carboxylic acids is 1. The van der Waals surface area contributed by atoms with E-state index in [0.29, 0.717) is 34.5 Å². The lowest BCUT2D eigenvalue weighted by Crippen LogP contribution is -2.11. The van der Waals surface area contributed by atoms with Crippen LogP contribution in [0.5, 0.6) is 46.0 Å². The monoisotopic (exact) mass is 930 g/mol. The van der Waals surface area contributed by atoms with E-state index in [2.05, 4.69) is 104 Å². The van der Waals surface area contributed by atoms with Gasteiger partial charge in [-0.3, -0.25) is 4.79 Å². The van der Waals surface area contributed by atoms with Crippen molar-refractivity contribution in [1.29, 1.82) is 0 Å². The third kappa shape index (κ3) is 12.4. The molecule has 0 fully saturated rings. The van der Waals surface area contributed by atoms with Crippen LogP contribution in [0.4, 0.5) is 0 Å². The molecule has 0 amide bonds. The highest BCUT2D eigenvalue weighted by Gasteiger charge is 2.31. The number of rotatable bonds is 20. The summed E-state index contributed by atoms with van der Waals surface area (Å²) in [7, 11) is -1.33. The summed E-state index contributed by atoms with van der Waals surface area (Å²) in [5.41, 5.74) is 8.50. The summed E-state index contributed by atoms with van der Waals surface area (Å²) in [5, 5.41) is 0. The number of hydrogen-bond acceptors (Lipinski definition) is 9. The number of ketones is 1. The first-order chi connectivity index (χ1) is 31.4. The predicted molar refractivity (Wildman–Crippen MR) is 268 cm³/mol. The molecule has 6 aromatic carbocycles. The number of methoxy groups -OCH3 is 2. The number of ether oxygens (including phenoxy) is 2. The fraction of sp³-hybridized carbons (Fsp3) is 0.327. The number of aryl methyl sites for hydroxylation is 4. The average Bonchev–Trinajstić information content (AvgIpc) is 3.25. The second-order valence-electron chi connectivity index (χ2n) is 17.8. The molecule has 0 aliphatic carbocycles. The molecule has 66 heavy (non-hydrogen) atoms. The van der Waals surface area contributed by atoms with Crippen molar-refractivity contribution in [2.45, 2.75) is 107 Å². The molecular weight excluding hydrogens is 867 g/mol. The smallest absolute Gasteiger partial charge is 0.497 e. The van der Waals surface area contributed by atoms with Gasteiger partial charge in [-0.25, -0.2) is 0 Å². The fourth-order valence-corrected chi connectivity index (χ4v) is 9.44. The molecule has 6 rings (SSSR count). The van der Waals surface area contributed by atoms with Gasteiger partial charge in [0.1, 0.15) is 46.0 Å². The van der Waals surface area contributed by atoms with Crippen LogP contribution in [0.1, 0.15) is 139 Å². The SMILES string of the molecule is COc1ccc(C(=O)c2ccc(OC)cc2OP(Oc2cc(C)ccc2C(C)C)Oc2cc(C)ccc2C(C)C)c(OP(Oc2cc(C)ccc2C(C)C)Oc2cc(C)ccc2C(C)C)c1. The van der Waals surface area contributed by atoms with E-state index >= 15 is 4.79 Å². The molecule has 0 saturated heterocycles. The summed E-state index contributed by atoms with van der Waals surface area (Å²) in [6.45, 7) is 25.0. The van der Waals surface area contributed by atoms with Crippen LogP contribution >= 0.6 is 17.2 Å². The predicted octanol–water partition coefficient (Wildman–Crippen LogP) is 16.2. The molecule has 0 atom stereocenters. The minimum absolute atomic E-state index is 0.147. The lowest BCUT2D eigenvalue weighted by atomic mass is 10.0. The van der Waals surface area contributed by atoms with Gasteiger partial charge in [0.25, 0.3) is 0 Å². The maximum Gasteiger partial charge on any atom is 0.530 e. The van der Waals surface area contributed by atoms with Gasteiger partial charge in [-0.2, -0.15) is 0 Å². The van der Waals surface area contributed by atoms with Gasteiger partial charge in [-0.1, -0.05) is 104 Å². The first-order valence-corrected chi connectivity index (χ1v) is 24.6. The van der Waals surface area contributed by atoms with Crippen molar-refractivity contribution in [1.82, 2.24) is 0 Å². The quantitative estimate of drug-likeness (QED) is 0.0548.